The molecule has 0 bridgehead atoms. The molecule has 21 heavy (non-hydrogen) atoms. The predicted molar refractivity (Wildman–Crippen MR) is 77.0 cm³/mol. The lowest BCUT2D eigenvalue weighted by Crippen LogP contribution is -2.30. The molecule has 1 aromatic heterocycles. The van der Waals surface area contributed by atoms with E-state index in [0.29, 0.717) is 19.1 Å². The largest absolute Gasteiger partial charge is 0.455 e. The maximum Gasteiger partial charge on any atom is 0.289 e. The molecule has 0 spiro atoms. The summed E-state index contributed by atoms with van der Waals surface area (Å²) < 4.78 is 33.2. The normalized spacial score (nSPS) is 15.2. The number of furan rings is 1. The monoisotopic (exact) mass is 335 g/mol. The molecule has 0 atom stereocenters. The molecule has 1 heterocycles. The Morgan fingerprint density at radius 2 is 2.19 bits per heavy atom. The molecular formula is C13H18ClNO5S. The number of carbonyl (C=O) groups is 1. The van der Waals surface area contributed by atoms with Crippen molar-refractivity contribution >= 4 is 25.6 Å². The minimum Gasteiger partial charge on any atom is -0.455 e. The van der Waals surface area contributed by atoms with E-state index in [1.807, 2.05) is 0 Å². The topological polar surface area (TPSA) is 76.8 Å². The van der Waals surface area contributed by atoms with Crippen LogP contribution >= 0.6 is 10.7 Å². The van der Waals surface area contributed by atoms with Crippen molar-refractivity contribution in [2.24, 2.45) is 5.92 Å². The van der Waals surface area contributed by atoms with E-state index in [2.05, 4.69) is 0 Å². The average molecular weight is 336 g/mol. The fourth-order valence-corrected chi connectivity index (χ4v) is 2.93. The second kappa shape index (κ2) is 6.37. The highest BCUT2D eigenvalue weighted by Crippen LogP contribution is 2.28. The molecule has 0 aliphatic heterocycles. The van der Waals surface area contributed by atoms with Crippen LogP contribution in [0.2, 0.25) is 0 Å². The Balaban J connectivity index is 1.92. The summed E-state index contributed by atoms with van der Waals surface area (Å²) in [5.74, 6) is 0.332. The van der Waals surface area contributed by atoms with Crippen LogP contribution < -0.4 is 0 Å². The number of nitrogens with zero attached hydrogens (tertiary/aromatic N) is 1. The Labute approximate surface area is 128 Å². The van der Waals surface area contributed by atoms with E-state index in [1.165, 1.54) is 24.7 Å². The van der Waals surface area contributed by atoms with Crippen LogP contribution in [-0.4, -0.2) is 46.0 Å². The van der Waals surface area contributed by atoms with Gasteiger partial charge in [0.15, 0.2) is 5.76 Å². The summed E-state index contributed by atoms with van der Waals surface area (Å²) in [5, 5.41) is 0. The number of hydrogen-bond acceptors (Lipinski definition) is 5. The highest BCUT2D eigenvalue weighted by molar-refractivity contribution is 8.13. The van der Waals surface area contributed by atoms with E-state index < -0.39 is 15.0 Å². The third-order valence-electron chi connectivity index (χ3n) is 3.31. The zero-order valence-corrected chi connectivity index (χ0v) is 13.5. The smallest absolute Gasteiger partial charge is 0.289 e. The van der Waals surface area contributed by atoms with Crippen molar-refractivity contribution in [2.75, 3.05) is 26.8 Å². The molecule has 0 radical (unpaired) electrons. The van der Waals surface area contributed by atoms with Gasteiger partial charge in [0.25, 0.3) is 15.0 Å². The first kappa shape index (κ1) is 16.3. The van der Waals surface area contributed by atoms with Crippen LogP contribution in [0.3, 0.4) is 0 Å². The van der Waals surface area contributed by atoms with Crippen LogP contribution in [0.1, 0.15) is 29.2 Å². The number of halogens is 1. The standard InChI is InChI=1S/C13H18ClNO5S/c1-9-12(21(14,17)18)7-11(20-9)13(16)15(2)5-6-19-8-10-3-4-10/h7,10H,3-6,8H2,1-2H3. The third kappa shape index (κ3) is 4.46. The van der Waals surface area contributed by atoms with E-state index in [1.54, 1.807) is 7.05 Å². The minimum atomic E-state index is -3.91. The van der Waals surface area contributed by atoms with E-state index >= 15 is 0 Å². The summed E-state index contributed by atoms with van der Waals surface area (Å²) in [6.07, 6.45) is 2.44. The quantitative estimate of drug-likeness (QED) is 0.562. The number of aryl methyl sites for hydroxylation is 1. The van der Waals surface area contributed by atoms with Gasteiger partial charge in [-0.25, -0.2) is 8.42 Å². The van der Waals surface area contributed by atoms with Gasteiger partial charge in [-0.3, -0.25) is 4.79 Å². The van der Waals surface area contributed by atoms with Crippen molar-refractivity contribution in [1.82, 2.24) is 4.90 Å². The van der Waals surface area contributed by atoms with Crippen molar-refractivity contribution in [3.05, 3.63) is 17.6 Å². The van der Waals surface area contributed by atoms with Crippen molar-refractivity contribution in [1.29, 1.82) is 0 Å². The molecule has 8 heteroatoms. The van der Waals surface area contributed by atoms with Gasteiger partial charge in [-0.2, -0.15) is 0 Å². The second-order valence-corrected chi connectivity index (χ2v) is 7.75. The van der Waals surface area contributed by atoms with E-state index in [9.17, 15) is 13.2 Å². The summed E-state index contributed by atoms with van der Waals surface area (Å²) in [4.78, 5) is 13.4. The molecule has 1 saturated carbocycles. The van der Waals surface area contributed by atoms with E-state index in [0.717, 1.165) is 12.7 Å². The summed E-state index contributed by atoms with van der Waals surface area (Å²) in [6, 6.07) is 1.15. The Bertz CT molecular complexity index is 621. The van der Waals surface area contributed by atoms with E-state index in [4.69, 9.17) is 19.8 Å². The molecule has 1 aliphatic carbocycles. The maximum atomic E-state index is 12.1. The summed E-state index contributed by atoms with van der Waals surface area (Å²) >= 11 is 0. The lowest BCUT2D eigenvalue weighted by Gasteiger charge is -2.15. The summed E-state index contributed by atoms with van der Waals surface area (Å²) in [5.41, 5.74) is 0. The van der Waals surface area contributed by atoms with Crippen molar-refractivity contribution < 1.29 is 22.4 Å². The molecule has 118 valence electrons. The summed E-state index contributed by atoms with van der Waals surface area (Å²) in [7, 11) is 2.96. The third-order valence-corrected chi connectivity index (χ3v) is 4.74. The molecule has 1 aromatic rings. The fraction of sp³-hybridized carbons (Fsp3) is 0.615. The number of amides is 1. The van der Waals surface area contributed by atoms with Crippen LogP contribution in [0.4, 0.5) is 0 Å². The molecule has 6 nitrogen and oxygen atoms in total. The zero-order valence-electron chi connectivity index (χ0n) is 12.0. The molecule has 0 saturated heterocycles. The number of hydrogen-bond donors (Lipinski definition) is 0. The lowest BCUT2D eigenvalue weighted by atomic mass is 10.4. The SMILES string of the molecule is Cc1oc(C(=O)N(C)CCOCC2CC2)cc1S(=O)(=O)Cl. The molecule has 1 amide bonds. The van der Waals surface area contributed by atoms with Gasteiger partial charge in [0.05, 0.1) is 6.61 Å². The van der Waals surface area contributed by atoms with Crippen LogP contribution in [0.5, 0.6) is 0 Å². The first-order chi connectivity index (χ1) is 9.79. The van der Waals surface area contributed by atoms with Crippen LogP contribution in [-0.2, 0) is 13.8 Å². The number of rotatable bonds is 7. The lowest BCUT2D eigenvalue weighted by molar-refractivity contribution is 0.0653. The van der Waals surface area contributed by atoms with Gasteiger partial charge in [-0.15, -0.1) is 0 Å². The van der Waals surface area contributed by atoms with Crippen molar-refractivity contribution in [3.63, 3.8) is 0 Å². The van der Waals surface area contributed by atoms with E-state index in [-0.39, 0.29) is 16.4 Å². The molecule has 1 fully saturated rings. The number of carbonyl (C=O) groups excluding carboxylic acids is 1. The van der Waals surface area contributed by atoms with Gasteiger partial charge < -0.3 is 14.1 Å². The van der Waals surface area contributed by atoms with Crippen LogP contribution in [0.15, 0.2) is 15.4 Å². The Morgan fingerprint density at radius 1 is 1.52 bits per heavy atom. The Morgan fingerprint density at radius 3 is 2.71 bits per heavy atom. The predicted octanol–water partition coefficient (Wildman–Crippen LogP) is 2.01. The van der Waals surface area contributed by atoms with Crippen LogP contribution in [0, 0.1) is 12.8 Å². The van der Waals surface area contributed by atoms with Gasteiger partial charge in [-0.05, 0) is 25.7 Å². The van der Waals surface area contributed by atoms with Gasteiger partial charge in [0, 0.05) is 36.9 Å². The van der Waals surface area contributed by atoms with Crippen molar-refractivity contribution in [3.8, 4) is 0 Å². The van der Waals surface area contributed by atoms with Gasteiger partial charge >= 0.3 is 0 Å². The number of ether oxygens (including phenoxy) is 1. The zero-order chi connectivity index (χ0) is 15.6. The highest BCUT2D eigenvalue weighted by atomic mass is 35.7. The second-order valence-electron chi connectivity index (χ2n) is 5.21. The van der Waals surface area contributed by atoms with Gasteiger partial charge in [0.1, 0.15) is 10.7 Å². The molecule has 1 aliphatic rings. The molecule has 0 unspecified atom stereocenters. The fourth-order valence-electron chi connectivity index (χ4n) is 1.84. The Kier molecular flexibility index (Phi) is 4.95. The molecule has 0 aromatic carbocycles. The molecular weight excluding hydrogens is 318 g/mol. The molecule has 2 rings (SSSR count). The number of likely N-dealkylation sites (N-methyl/N-ethyl adjacent to an activating group) is 1. The van der Waals surface area contributed by atoms with Crippen LogP contribution in [0.25, 0.3) is 0 Å². The average Bonchev–Trinajstić information content (AvgIpc) is 3.13. The highest BCUT2D eigenvalue weighted by Gasteiger charge is 2.24. The maximum absolute atomic E-state index is 12.1. The van der Waals surface area contributed by atoms with Gasteiger partial charge in [0.2, 0.25) is 0 Å². The van der Waals surface area contributed by atoms with Crippen molar-refractivity contribution in [2.45, 2.75) is 24.7 Å². The minimum absolute atomic E-state index is 0.0450. The molecule has 0 N–H and O–H groups in total. The summed E-state index contributed by atoms with van der Waals surface area (Å²) in [6.45, 7) is 3.04. The Hall–Kier alpha value is -1.05. The first-order valence-corrected chi connectivity index (χ1v) is 8.98. The van der Waals surface area contributed by atoms with Gasteiger partial charge in [-0.1, -0.05) is 0 Å². The first-order valence-electron chi connectivity index (χ1n) is 6.67.